The van der Waals surface area contributed by atoms with Gasteiger partial charge in [-0.3, -0.25) is 14.3 Å². The summed E-state index contributed by atoms with van der Waals surface area (Å²) in [5, 5.41) is 22.9. The molecule has 2 heterocycles. The van der Waals surface area contributed by atoms with E-state index >= 15 is 0 Å². The number of benzene rings is 1. The molecule has 11 heteroatoms. The fourth-order valence-electron chi connectivity index (χ4n) is 2.70. The molecule has 1 unspecified atom stereocenters. The molecule has 0 aliphatic carbocycles. The Labute approximate surface area is 164 Å². The van der Waals surface area contributed by atoms with Crippen LogP contribution in [0.1, 0.15) is 0 Å². The topological polar surface area (TPSA) is 134 Å². The molecule has 150 valence electrons. The fourth-order valence-corrected chi connectivity index (χ4v) is 2.83. The smallest absolute Gasteiger partial charge is 0.329 e. The van der Waals surface area contributed by atoms with Crippen molar-refractivity contribution in [2.75, 3.05) is 25.1 Å². The molecule has 3 rings (SSSR count). The second-order valence-corrected chi connectivity index (χ2v) is 6.54. The average molecular weight is 410 g/mol. The van der Waals surface area contributed by atoms with Gasteiger partial charge >= 0.3 is 5.69 Å². The van der Waals surface area contributed by atoms with Gasteiger partial charge in [0.1, 0.15) is 18.5 Å². The molecule has 0 aliphatic heterocycles. The first kappa shape index (κ1) is 19.9. The highest BCUT2D eigenvalue weighted by Gasteiger charge is 2.19. The van der Waals surface area contributed by atoms with Crippen molar-refractivity contribution in [3.63, 3.8) is 0 Å². The van der Waals surface area contributed by atoms with Gasteiger partial charge in [0.25, 0.3) is 5.56 Å². The van der Waals surface area contributed by atoms with Crippen LogP contribution in [-0.4, -0.2) is 55.2 Å². The lowest BCUT2D eigenvalue weighted by Gasteiger charge is -2.15. The Bertz CT molecular complexity index is 1070. The molecular formula is C17H20ClN5O5. The zero-order chi connectivity index (χ0) is 20.3. The van der Waals surface area contributed by atoms with Crippen molar-refractivity contribution in [1.29, 1.82) is 0 Å². The summed E-state index contributed by atoms with van der Waals surface area (Å²) in [5.74, 6) is 0.791. The highest BCUT2D eigenvalue weighted by atomic mass is 35.5. The van der Waals surface area contributed by atoms with E-state index in [-0.39, 0.29) is 43.4 Å². The van der Waals surface area contributed by atoms with E-state index in [1.54, 1.807) is 24.3 Å². The maximum Gasteiger partial charge on any atom is 0.329 e. The van der Waals surface area contributed by atoms with E-state index in [0.29, 0.717) is 10.8 Å². The largest absolute Gasteiger partial charge is 0.491 e. The van der Waals surface area contributed by atoms with Crippen molar-refractivity contribution in [3.05, 3.63) is 50.1 Å². The first-order valence-electron chi connectivity index (χ1n) is 8.51. The minimum atomic E-state index is -0.973. The molecule has 0 bridgehead atoms. The molecule has 1 atom stereocenters. The van der Waals surface area contributed by atoms with Crippen LogP contribution < -0.4 is 21.3 Å². The standard InChI is InChI=1S/C17H20ClN5O5/c1-22-14-13(15(26)21-17(22)27)23(16(20-14)19-6-7-24)8-11(25)9-28-12-4-2-10(18)3-5-12/h2-5,11,24-25H,6-9H2,1H3,(H,19,20)(H,21,26,27). The van der Waals surface area contributed by atoms with Gasteiger partial charge in [0.15, 0.2) is 11.2 Å². The summed E-state index contributed by atoms with van der Waals surface area (Å²) in [7, 11) is 1.48. The first-order valence-corrected chi connectivity index (χ1v) is 8.89. The highest BCUT2D eigenvalue weighted by Crippen LogP contribution is 2.18. The Hall–Kier alpha value is -2.82. The summed E-state index contributed by atoms with van der Waals surface area (Å²) in [6.07, 6.45) is -0.973. The Morgan fingerprint density at radius 1 is 1.32 bits per heavy atom. The van der Waals surface area contributed by atoms with Crippen LogP contribution >= 0.6 is 11.6 Å². The van der Waals surface area contributed by atoms with E-state index in [9.17, 15) is 14.7 Å². The van der Waals surface area contributed by atoms with Gasteiger partial charge in [-0.15, -0.1) is 0 Å². The maximum atomic E-state index is 12.3. The van der Waals surface area contributed by atoms with Crippen LogP contribution in [0.25, 0.3) is 11.2 Å². The zero-order valence-electron chi connectivity index (χ0n) is 15.1. The molecule has 3 aromatic rings. The van der Waals surface area contributed by atoms with Gasteiger partial charge < -0.3 is 24.8 Å². The summed E-state index contributed by atoms with van der Waals surface area (Å²) in [6.45, 7) is -0.0170. The van der Waals surface area contributed by atoms with Crippen LogP contribution in [0.4, 0.5) is 5.95 Å². The number of fused-ring (bicyclic) bond motifs is 1. The van der Waals surface area contributed by atoms with E-state index in [2.05, 4.69) is 15.3 Å². The van der Waals surface area contributed by atoms with Gasteiger partial charge in [0.05, 0.1) is 13.2 Å². The van der Waals surface area contributed by atoms with Gasteiger partial charge in [-0.1, -0.05) is 11.6 Å². The van der Waals surface area contributed by atoms with Gasteiger partial charge in [0, 0.05) is 18.6 Å². The third-order valence-electron chi connectivity index (χ3n) is 4.05. The van der Waals surface area contributed by atoms with Crippen LogP contribution in [0, 0.1) is 0 Å². The summed E-state index contributed by atoms with van der Waals surface area (Å²) < 4.78 is 8.19. The fraction of sp³-hybridized carbons (Fsp3) is 0.353. The second-order valence-electron chi connectivity index (χ2n) is 6.11. The number of aryl methyl sites for hydroxylation is 1. The molecule has 0 amide bonds. The molecule has 10 nitrogen and oxygen atoms in total. The van der Waals surface area contributed by atoms with Crippen LogP contribution in [-0.2, 0) is 13.6 Å². The van der Waals surface area contributed by atoms with Crippen molar-refractivity contribution in [2.45, 2.75) is 12.6 Å². The number of ether oxygens (including phenoxy) is 1. The molecule has 0 saturated carbocycles. The molecule has 28 heavy (non-hydrogen) atoms. The van der Waals surface area contributed by atoms with E-state index in [1.807, 2.05) is 0 Å². The van der Waals surface area contributed by atoms with Crippen LogP contribution in [0.15, 0.2) is 33.9 Å². The second kappa shape index (κ2) is 8.46. The monoisotopic (exact) mass is 409 g/mol. The SMILES string of the molecule is Cn1c(=O)[nH]c(=O)c2c1nc(NCCO)n2CC(O)COc1ccc(Cl)cc1. The minimum Gasteiger partial charge on any atom is -0.491 e. The number of aromatic nitrogens is 4. The Balaban J connectivity index is 1.87. The van der Waals surface area contributed by atoms with E-state index in [4.69, 9.17) is 21.4 Å². The number of nitrogens with zero attached hydrogens (tertiary/aromatic N) is 3. The number of H-pyrrole nitrogens is 1. The molecule has 1 aromatic carbocycles. The van der Waals surface area contributed by atoms with Crippen LogP contribution in [0.5, 0.6) is 5.75 Å². The molecule has 4 N–H and O–H groups in total. The normalized spacial score (nSPS) is 12.3. The predicted molar refractivity (Wildman–Crippen MR) is 104 cm³/mol. The van der Waals surface area contributed by atoms with E-state index in [0.717, 1.165) is 0 Å². The van der Waals surface area contributed by atoms with Gasteiger partial charge in [0.2, 0.25) is 5.95 Å². The number of aromatic amines is 1. The lowest BCUT2D eigenvalue weighted by molar-refractivity contribution is 0.0938. The summed E-state index contributed by atoms with van der Waals surface area (Å²) in [6, 6.07) is 6.69. The number of hydrogen-bond donors (Lipinski definition) is 4. The number of hydrogen-bond acceptors (Lipinski definition) is 7. The molecular weight excluding hydrogens is 390 g/mol. The van der Waals surface area contributed by atoms with Crippen LogP contribution in [0.2, 0.25) is 5.02 Å². The molecule has 0 spiro atoms. The van der Waals surface area contributed by atoms with E-state index in [1.165, 1.54) is 16.2 Å². The quantitative estimate of drug-likeness (QED) is 0.408. The number of halogens is 1. The van der Waals surface area contributed by atoms with Gasteiger partial charge in [-0.05, 0) is 24.3 Å². The lowest BCUT2D eigenvalue weighted by atomic mass is 10.3. The maximum absolute atomic E-state index is 12.3. The number of nitrogens with one attached hydrogen (secondary N) is 2. The minimum absolute atomic E-state index is 0.0147. The number of aliphatic hydroxyl groups excluding tert-OH is 2. The third-order valence-corrected chi connectivity index (χ3v) is 4.30. The van der Waals surface area contributed by atoms with E-state index < -0.39 is 17.4 Å². The molecule has 0 fully saturated rings. The van der Waals surface area contributed by atoms with Crippen molar-refractivity contribution in [3.8, 4) is 5.75 Å². The number of imidazole rings is 1. The number of aliphatic hydroxyl groups is 2. The summed E-state index contributed by atoms with van der Waals surface area (Å²) in [5.41, 5.74) is -0.913. The predicted octanol–water partition coefficient (Wildman–Crippen LogP) is -0.0792. The molecule has 0 radical (unpaired) electrons. The first-order chi connectivity index (χ1) is 13.4. The summed E-state index contributed by atoms with van der Waals surface area (Å²) >= 11 is 5.83. The van der Waals surface area contributed by atoms with Crippen molar-refractivity contribution >= 4 is 28.7 Å². The lowest BCUT2D eigenvalue weighted by Crippen LogP contribution is -2.31. The Morgan fingerprint density at radius 3 is 2.71 bits per heavy atom. The number of rotatable bonds is 8. The molecule has 0 aliphatic rings. The highest BCUT2D eigenvalue weighted by molar-refractivity contribution is 6.30. The number of anilines is 1. The zero-order valence-corrected chi connectivity index (χ0v) is 15.8. The van der Waals surface area contributed by atoms with Crippen molar-refractivity contribution in [2.24, 2.45) is 7.05 Å². The molecule has 2 aromatic heterocycles. The average Bonchev–Trinajstić information content (AvgIpc) is 3.03. The van der Waals surface area contributed by atoms with Gasteiger partial charge in [-0.2, -0.15) is 4.98 Å². The van der Waals surface area contributed by atoms with Crippen LogP contribution in [0.3, 0.4) is 0 Å². The van der Waals surface area contributed by atoms with Crippen molar-refractivity contribution < 1.29 is 14.9 Å². The Kier molecular flexibility index (Phi) is 6.02. The Morgan fingerprint density at radius 2 is 2.04 bits per heavy atom. The molecule has 0 saturated heterocycles. The van der Waals surface area contributed by atoms with Crippen molar-refractivity contribution in [1.82, 2.24) is 19.1 Å². The van der Waals surface area contributed by atoms with Gasteiger partial charge in [-0.25, -0.2) is 4.79 Å². The third kappa shape index (κ3) is 4.19. The summed E-state index contributed by atoms with van der Waals surface area (Å²) in [4.78, 5) is 30.6.